The summed E-state index contributed by atoms with van der Waals surface area (Å²) in [6.07, 6.45) is 2.61. The number of carbonyl (C=O) groups excluding carboxylic acids is 2. The van der Waals surface area contributed by atoms with Crippen molar-refractivity contribution in [2.24, 2.45) is 0 Å². The molecule has 0 saturated heterocycles. The minimum absolute atomic E-state index is 0.0368. The van der Waals surface area contributed by atoms with Crippen molar-refractivity contribution in [2.75, 3.05) is 6.54 Å². The quantitative estimate of drug-likeness (QED) is 0.636. The molecule has 0 atom stereocenters. The molecule has 0 unspecified atom stereocenters. The number of nitrogens with one attached hydrogen (secondary N) is 2. The smallest absolute Gasteiger partial charge is 0.305 e. The molecule has 0 aliphatic heterocycles. The summed E-state index contributed by atoms with van der Waals surface area (Å²) in [6, 6.07) is 10.4. The van der Waals surface area contributed by atoms with Crippen LogP contribution in [0.15, 0.2) is 52.8 Å². The molecule has 0 saturated carbocycles. The Morgan fingerprint density at radius 3 is 2.32 bits per heavy atom. The molecule has 0 aliphatic carbocycles. The third-order valence-corrected chi connectivity index (χ3v) is 3.96. The molecular formula is C21H24N2O5. The van der Waals surface area contributed by atoms with E-state index in [9.17, 15) is 14.4 Å². The molecule has 0 aliphatic rings. The molecule has 0 bridgehead atoms. The fraction of sp³-hybridized carbons (Fsp3) is 0.286. The van der Waals surface area contributed by atoms with Crippen molar-refractivity contribution >= 4 is 23.9 Å². The van der Waals surface area contributed by atoms with Gasteiger partial charge in [-0.25, -0.2) is 0 Å². The summed E-state index contributed by atoms with van der Waals surface area (Å²) >= 11 is 0. The molecule has 0 radical (unpaired) electrons. The second-order valence-corrected chi connectivity index (χ2v) is 7.25. The zero-order valence-corrected chi connectivity index (χ0v) is 16.1. The van der Waals surface area contributed by atoms with Gasteiger partial charge in [-0.2, -0.15) is 0 Å². The summed E-state index contributed by atoms with van der Waals surface area (Å²) in [4.78, 5) is 35.6. The number of aliphatic carboxylic acids is 1. The molecule has 0 spiro atoms. The fourth-order valence-electron chi connectivity index (χ4n) is 2.37. The van der Waals surface area contributed by atoms with Crippen LogP contribution in [0.1, 0.15) is 48.9 Å². The Morgan fingerprint density at radius 2 is 1.79 bits per heavy atom. The van der Waals surface area contributed by atoms with E-state index in [4.69, 9.17) is 9.52 Å². The van der Waals surface area contributed by atoms with Gasteiger partial charge in [0.25, 0.3) is 11.8 Å². The molecule has 7 heteroatoms. The predicted molar refractivity (Wildman–Crippen MR) is 105 cm³/mol. The van der Waals surface area contributed by atoms with Crippen molar-refractivity contribution in [1.29, 1.82) is 0 Å². The van der Waals surface area contributed by atoms with Crippen LogP contribution in [0.25, 0.3) is 6.08 Å². The van der Waals surface area contributed by atoms with Crippen LogP contribution < -0.4 is 10.6 Å². The second kappa shape index (κ2) is 9.03. The Balaban J connectivity index is 2.16. The number of carboxylic acid groups (broad SMARTS) is 1. The largest absolute Gasteiger partial charge is 0.481 e. The summed E-state index contributed by atoms with van der Waals surface area (Å²) in [5, 5.41) is 13.7. The van der Waals surface area contributed by atoms with E-state index in [0.717, 1.165) is 5.56 Å². The van der Waals surface area contributed by atoms with Gasteiger partial charge < -0.3 is 20.2 Å². The van der Waals surface area contributed by atoms with Crippen molar-refractivity contribution in [2.45, 2.75) is 32.6 Å². The lowest BCUT2D eigenvalue weighted by atomic mass is 9.87. The normalized spacial score (nSPS) is 11.8. The van der Waals surface area contributed by atoms with Crippen molar-refractivity contribution < 1.29 is 23.9 Å². The van der Waals surface area contributed by atoms with Crippen LogP contribution in [0.2, 0.25) is 0 Å². The maximum Gasteiger partial charge on any atom is 0.305 e. The average Bonchev–Trinajstić information content (AvgIpc) is 3.13. The number of amides is 2. The van der Waals surface area contributed by atoms with E-state index in [1.54, 1.807) is 24.3 Å². The van der Waals surface area contributed by atoms with Crippen LogP contribution in [0.3, 0.4) is 0 Å². The van der Waals surface area contributed by atoms with Crippen molar-refractivity contribution in [3.05, 3.63) is 65.2 Å². The van der Waals surface area contributed by atoms with E-state index in [1.807, 2.05) is 12.1 Å². The summed E-state index contributed by atoms with van der Waals surface area (Å²) in [7, 11) is 0. The summed E-state index contributed by atoms with van der Waals surface area (Å²) in [5.74, 6) is -1.70. The molecule has 2 aromatic rings. The van der Waals surface area contributed by atoms with Gasteiger partial charge in [0, 0.05) is 18.2 Å². The topological polar surface area (TPSA) is 109 Å². The lowest BCUT2D eigenvalue weighted by molar-refractivity contribution is -0.136. The average molecular weight is 384 g/mol. The molecule has 2 rings (SSSR count). The minimum Gasteiger partial charge on any atom is -0.481 e. The lowest BCUT2D eigenvalue weighted by Gasteiger charge is -2.19. The maximum atomic E-state index is 12.6. The molecule has 1 aromatic heterocycles. The Kier molecular flexibility index (Phi) is 6.76. The number of carbonyl (C=O) groups is 3. The van der Waals surface area contributed by atoms with Gasteiger partial charge in [-0.05, 0) is 35.2 Å². The fourth-order valence-corrected chi connectivity index (χ4v) is 2.37. The summed E-state index contributed by atoms with van der Waals surface area (Å²) in [6.45, 7) is 6.18. The minimum atomic E-state index is -1.03. The Hall–Kier alpha value is -3.35. The van der Waals surface area contributed by atoms with E-state index in [1.165, 1.54) is 12.3 Å². The van der Waals surface area contributed by atoms with Crippen LogP contribution in [0.4, 0.5) is 0 Å². The lowest BCUT2D eigenvalue weighted by Crippen LogP contribution is -2.35. The zero-order valence-electron chi connectivity index (χ0n) is 16.1. The van der Waals surface area contributed by atoms with Gasteiger partial charge in [-0.1, -0.05) is 32.9 Å². The highest BCUT2D eigenvalue weighted by atomic mass is 16.4. The standard InChI is InChI=1S/C21H24N2O5/c1-21(2,3)15-8-6-14(7-9-15)19(26)23-17(13-16-5-4-12-28-16)20(27)22-11-10-18(24)25/h4-9,12-13H,10-11H2,1-3H3,(H,22,27)(H,23,26)(H,24,25)/b17-13-. The van der Waals surface area contributed by atoms with Gasteiger partial charge >= 0.3 is 5.97 Å². The molecule has 28 heavy (non-hydrogen) atoms. The Bertz CT molecular complexity index is 859. The summed E-state index contributed by atoms with van der Waals surface area (Å²) < 4.78 is 5.20. The Morgan fingerprint density at radius 1 is 1.11 bits per heavy atom. The van der Waals surface area contributed by atoms with Gasteiger partial charge in [0.2, 0.25) is 0 Å². The monoisotopic (exact) mass is 384 g/mol. The third-order valence-electron chi connectivity index (χ3n) is 3.96. The number of hydrogen-bond donors (Lipinski definition) is 3. The van der Waals surface area contributed by atoms with Crippen molar-refractivity contribution in [1.82, 2.24) is 10.6 Å². The first-order valence-electron chi connectivity index (χ1n) is 8.84. The number of furan rings is 1. The van der Waals surface area contributed by atoms with E-state index >= 15 is 0 Å². The van der Waals surface area contributed by atoms with Crippen molar-refractivity contribution in [3.63, 3.8) is 0 Å². The van der Waals surface area contributed by atoms with Crippen LogP contribution in [0, 0.1) is 0 Å². The van der Waals surface area contributed by atoms with Crippen LogP contribution in [0.5, 0.6) is 0 Å². The first kappa shape index (κ1) is 21.0. The number of carboxylic acids is 1. The van der Waals surface area contributed by atoms with E-state index in [0.29, 0.717) is 11.3 Å². The first-order chi connectivity index (χ1) is 13.2. The van der Waals surface area contributed by atoms with Crippen molar-refractivity contribution in [3.8, 4) is 0 Å². The highest BCUT2D eigenvalue weighted by Gasteiger charge is 2.17. The van der Waals surface area contributed by atoms with Crippen LogP contribution in [-0.4, -0.2) is 29.4 Å². The van der Waals surface area contributed by atoms with Crippen LogP contribution >= 0.6 is 0 Å². The molecule has 7 nitrogen and oxygen atoms in total. The predicted octanol–water partition coefficient (Wildman–Crippen LogP) is 2.94. The van der Waals surface area contributed by atoms with Gasteiger partial charge in [0.1, 0.15) is 11.5 Å². The molecule has 1 aromatic carbocycles. The van der Waals surface area contributed by atoms with Gasteiger partial charge in [-0.3, -0.25) is 14.4 Å². The highest BCUT2D eigenvalue weighted by molar-refractivity contribution is 6.05. The third kappa shape index (κ3) is 6.12. The number of benzene rings is 1. The molecule has 0 fully saturated rings. The van der Waals surface area contributed by atoms with E-state index in [-0.39, 0.29) is 24.1 Å². The second-order valence-electron chi connectivity index (χ2n) is 7.25. The number of hydrogen-bond acceptors (Lipinski definition) is 4. The SMILES string of the molecule is CC(C)(C)c1ccc(C(=O)N/C(=C\c2ccco2)C(=O)NCCC(=O)O)cc1. The first-order valence-corrected chi connectivity index (χ1v) is 8.84. The van der Waals surface area contributed by atoms with Gasteiger partial charge in [0.05, 0.1) is 12.7 Å². The Labute approximate surface area is 163 Å². The van der Waals surface area contributed by atoms with Crippen LogP contribution in [-0.2, 0) is 15.0 Å². The molecule has 1 heterocycles. The van der Waals surface area contributed by atoms with E-state index < -0.39 is 17.8 Å². The molecule has 148 valence electrons. The highest BCUT2D eigenvalue weighted by Crippen LogP contribution is 2.22. The van der Waals surface area contributed by atoms with Gasteiger partial charge in [0.15, 0.2) is 0 Å². The number of rotatable bonds is 7. The molecular weight excluding hydrogens is 360 g/mol. The van der Waals surface area contributed by atoms with E-state index in [2.05, 4.69) is 31.4 Å². The molecule has 2 amide bonds. The zero-order chi connectivity index (χ0) is 20.7. The summed E-state index contributed by atoms with van der Waals surface area (Å²) in [5.41, 5.74) is 1.41. The maximum absolute atomic E-state index is 12.6. The van der Waals surface area contributed by atoms with Gasteiger partial charge in [-0.15, -0.1) is 0 Å². The molecule has 3 N–H and O–H groups in total.